The highest BCUT2D eigenvalue weighted by Crippen LogP contribution is 2.15. The normalized spacial score (nSPS) is 9.44. The summed E-state index contributed by atoms with van der Waals surface area (Å²) in [4.78, 5) is 3.96. The third-order valence-corrected chi connectivity index (χ3v) is 1.84. The second kappa shape index (κ2) is 3.18. The van der Waals surface area contributed by atoms with Gasteiger partial charge in [0.1, 0.15) is 12.9 Å². The van der Waals surface area contributed by atoms with Crippen LogP contribution in [-0.4, -0.2) is 12.8 Å². The molecular formula is C5H4BNS2. The van der Waals surface area contributed by atoms with Crippen molar-refractivity contribution in [2.24, 2.45) is 0 Å². The molecule has 0 unspecified atom stereocenters. The second-order valence-electron chi connectivity index (χ2n) is 1.52. The molecule has 2 radical (unpaired) electrons. The van der Waals surface area contributed by atoms with Crippen molar-refractivity contribution < 1.29 is 0 Å². The fraction of sp³-hybridized carbons (Fsp3) is 0. The van der Waals surface area contributed by atoms with Gasteiger partial charge in [0.25, 0.3) is 0 Å². The lowest BCUT2D eigenvalue weighted by molar-refractivity contribution is 1.15. The molecule has 9 heavy (non-hydrogen) atoms. The van der Waals surface area contributed by atoms with Crippen molar-refractivity contribution in [1.29, 1.82) is 0 Å². The molecule has 0 spiro atoms. The van der Waals surface area contributed by atoms with Crippen LogP contribution >= 0.6 is 22.5 Å². The molecule has 0 bridgehead atoms. The molecule has 0 amide bonds. The molecule has 0 aromatic carbocycles. The van der Waals surface area contributed by atoms with Crippen molar-refractivity contribution in [1.82, 2.24) is 4.98 Å². The maximum Gasteiger partial charge on any atom is 0.115 e. The summed E-state index contributed by atoms with van der Waals surface area (Å²) in [7, 11) is 6.69. The standard InChI is InChI=1S/C5H4BNS2/c6-4-1-2-5(9-8)7-3-4/h1-3,8H. The fourth-order valence-corrected chi connectivity index (χ4v) is 0.998. The van der Waals surface area contributed by atoms with E-state index in [0.29, 0.717) is 5.46 Å². The minimum atomic E-state index is 0.682. The second-order valence-corrected chi connectivity index (χ2v) is 2.67. The van der Waals surface area contributed by atoms with Crippen LogP contribution in [-0.2, 0) is 0 Å². The third kappa shape index (κ3) is 1.95. The molecule has 1 aromatic heterocycles. The molecule has 0 atom stereocenters. The Morgan fingerprint density at radius 2 is 2.33 bits per heavy atom. The Morgan fingerprint density at radius 3 is 2.78 bits per heavy atom. The third-order valence-electron chi connectivity index (χ3n) is 0.853. The Hall–Kier alpha value is -0.0851. The molecule has 1 nitrogen and oxygen atoms in total. The molecule has 0 fully saturated rings. The molecule has 44 valence electrons. The van der Waals surface area contributed by atoms with Crippen molar-refractivity contribution in [2.45, 2.75) is 5.03 Å². The number of aromatic nitrogens is 1. The first kappa shape index (κ1) is 7.03. The number of pyridine rings is 1. The van der Waals surface area contributed by atoms with Crippen LogP contribution in [0.1, 0.15) is 0 Å². The quantitative estimate of drug-likeness (QED) is 0.364. The minimum Gasteiger partial charge on any atom is -0.250 e. The topological polar surface area (TPSA) is 12.9 Å². The average molecular weight is 153 g/mol. The van der Waals surface area contributed by atoms with Crippen LogP contribution in [0.15, 0.2) is 23.4 Å². The molecular weight excluding hydrogens is 149 g/mol. The Kier molecular flexibility index (Phi) is 2.48. The summed E-state index contributed by atoms with van der Waals surface area (Å²) in [5, 5.41) is 0.868. The Labute approximate surface area is 64.5 Å². The van der Waals surface area contributed by atoms with Gasteiger partial charge in [0.05, 0.1) is 0 Å². The lowest BCUT2D eigenvalue weighted by Gasteiger charge is -1.92. The number of hydrogen-bond donors (Lipinski definition) is 1. The number of rotatable bonds is 1. The Morgan fingerprint density at radius 1 is 1.56 bits per heavy atom. The predicted molar refractivity (Wildman–Crippen MR) is 44.5 cm³/mol. The summed E-state index contributed by atoms with van der Waals surface area (Å²) >= 11 is 3.96. The van der Waals surface area contributed by atoms with Gasteiger partial charge in [0.2, 0.25) is 0 Å². The van der Waals surface area contributed by atoms with Crippen LogP contribution in [0.4, 0.5) is 0 Å². The van der Waals surface area contributed by atoms with Gasteiger partial charge < -0.3 is 0 Å². The molecule has 0 aliphatic carbocycles. The summed E-state index contributed by atoms with van der Waals surface area (Å²) in [6.45, 7) is 0. The van der Waals surface area contributed by atoms with Gasteiger partial charge in [-0.25, -0.2) is 4.98 Å². The number of thiol groups is 1. The van der Waals surface area contributed by atoms with Crippen molar-refractivity contribution in [3.8, 4) is 0 Å². The number of nitrogens with zero attached hydrogens (tertiary/aromatic N) is 1. The number of hydrogen-bond acceptors (Lipinski definition) is 3. The maximum atomic E-state index is 5.38. The van der Waals surface area contributed by atoms with E-state index in [9.17, 15) is 0 Å². The van der Waals surface area contributed by atoms with E-state index in [2.05, 4.69) is 16.6 Å². The largest absolute Gasteiger partial charge is 0.250 e. The average Bonchev–Trinajstić information content (AvgIpc) is 1.90. The molecule has 1 heterocycles. The predicted octanol–water partition coefficient (Wildman–Crippen LogP) is 0.812. The van der Waals surface area contributed by atoms with Gasteiger partial charge in [-0.05, 0) is 16.9 Å². The molecule has 1 aromatic rings. The van der Waals surface area contributed by atoms with Crippen molar-refractivity contribution in [3.63, 3.8) is 0 Å². The van der Waals surface area contributed by atoms with Crippen LogP contribution in [0.25, 0.3) is 0 Å². The molecule has 0 saturated heterocycles. The summed E-state index contributed by atoms with van der Waals surface area (Å²) in [5.41, 5.74) is 0.682. The smallest absolute Gasteiger partial charge is 0.115 e. The summed E-state index contributed by atoms with van der Waals surface area (Å²) in [6.07, 6.45) is 1.61. The Bertz CT molecular complexity index is 187. The highest BCUT2D eigenvalue weighted by Gasteiger charge is 1.87. The van der Waals surface area contributed by atoms with Gasteiger partial charge in [0, 0.05) is 6.20 Å². The van der Waals surface area contributed by atoms with Crippen LogP contribution in [0.2, 0.25) is 0 Å². The first-order valence-corrected chi connectivity index (χ1v) is 4.23. The molecule has 4 heteroatoms. The molecule has 1 rings (SSSR count). The van der Waals surface area contributed by atoms with E-state index in [0.717, 1.165) is 5.03 Å². The van der Waals surface area contributed by atoms with Crippen LogP contribution in [0.3, 0.4) is 0 Å². The van der Waals surface area contributed by atoms with E-state index in [1.165, 1.54) is 10.8 Å². The van der Waals surface area contributed by atoms with Gasteiger partial charge >= 0.3 is 0 Å². The van der Waals surface area contributed by atoms with E-state index in [1.807, 2.05) is 6.07 Å². The molecule has 0 aliphatic rings. The van der Waals surface area contributed by atoms with Gasteiger partial charge in [-0.15, -0.1) is 11.7 Å². The lowest BCUT2D eigenvalue weighted by Crippen LogP contribution is -2.01. The zero-order valence-corrected chi connectivity index (χ0v) is 6.32. The highest BCUT2D eigenvalue weighted by atomic mass is 33.1. The van der Waals surface area contributed by atoms with Crippen molar-refractivity contribution >= 4 is 35.8 Å². The van der Waals surface area contributed by atoms with E-state index in [4.69, 9.17) is 7.85 Å². The highest BCUT2D eigenvalue weighted by molar-refractivity contribution is 8.68. The summed E-state index contributed by atoms with van der Waals surface area (Å²) < 4.78 is 0. The van der Waals surface area contributed by atoms with E-state index < -0.39 is 0 Å². The van der Waals surface area contributed by atoms with Crippen molar-refractivity contribution in [3.05, 3.63) is 18.3 Å². The van der Waals surface area contributed by atoms with Gasteiger partial charge in [-0.3, -0.25) is 0 Å². The fourth-order valence-electron chi connectivity index (χ4n) is 0.446. The lowest BCUT2D eigenvalue weighted by atomic mass is 9.99. The molecule has 0 aliphatic heterocycles. The summed E-state index contributed by atoms with van der Waals surface area (Å²) in [5.74, 6) is 0. The maximum absolute atomic E-state index is 5.38. The van der Waals surface area contributed by atoms with Gasteiger partial charge in [-0.2, -0.15) is 0 Å². The minimum absolute atomic E-state index is 0.682. The SMILES string of the molecule is [B]c1ccc(SS)nc1. The van der Waals surface area contributed by atoms with E-state index in [1.54, 1.807) is 12.3 Å². The van der Waals surface area contributed by atoms with Crippen LogP contribution in [0.5, 0.6) is 0 Å². The van der Waals surface area contributed by atoms with E-state index in [-0.39, 0.29) is 0 Å². The first-order chi connectivity index (χ1) is 4.33. The van der Waals surface area contributed by atoms with Gasteiger partial charge in [0.15, 0.2) is 0 Å². The van der Waals surface area contributed by atoms with Crippen LogP contribution < -0.4 is 5.46 Å². The Balaban J connectivity index is 2.88. The zero-order chi connectivity index (χ0) is 6.69. The zero-order valence-electron chi connectivity index (χ0n) is 4.61. The van der Waals surface area contributed by atoms with E-state index >= 15 is 0 Å². The first-order valence-electron chi connectivity index (χ1n) is 2.36. The van der Waals surface area contributed by atoms with Crippen molar-refractivity contribution in [2.75, 3.05) is 0 Å². The van der Waals surface area contributed by atoms with Gasteiger partial charge in [-0.1, -0.05) is 11.5 Å². The monoisotopic (exact) mass is 153 g/mol. The molecule has 0 saturated carbocycles. The summed E-state index contributed by atoms with van der Waals surface area (Å²) in [6, 6.07) is 3.62. The molecule has 0 N–H and O–H groups in total. The van der Waals surface area contributed by atoms with Crippen LogP contribution in [0, 0.1) is 0 Å².